The third kappa shape index (κ3) is 4.09. The molecule has 1 aliphatic rings. The van der Waals surface area contributed by atoms with Gasteiger partial charge in [-0.2, -0.15) is 12.7 Å². The number of aliphatic imine (C=N–C) groups is 1. The van der Waals surface area contributed by atoms with Crippen molar-refractivity contribution in [2.24, 2.45) is 10.7 Å². The molecule has 170 valence electrons. The first kappa shape index (κ1) is 22.5. The van der Waals surface area contributed by atoms with Gasteiger partial charge in [0, 0.05) is 38.6 Å². The Kier molecular flexibility index (Phi) is 5.70. The molecule has 0 aliphatic carbocycles. The molecule has 4 rings (SSSR count). The smallest absolute Gasteiger partial charge is 0.335 e. The molecule has 10 nitrogen and oxygen atoms in total. The molecule has 2 heterocycles. The maximum Gasteiger partial charge on any atom is 0.335 e. The quantitative estimate of drug-likeness (QED) is 0.523. The van der Waals surface area contributed by atoms with Gasteiger partial charge in [0.25, 0.3) is 5.91 Å². The number of likely N-dealkylation sites (N-methyl/N-ethyl adjacent to an activating group) is 1. The summed E-state index contributed by atoms with van der Waals surface area (Å²) in [4.78, 5) is 27.9. The first-order chi connectivity index (χ1) is 15.6. The summed E-state index contributed by atoms with van der Waals surface area (Å²) in [7, 11) is -1.57. The maximum atomic E-state index is 13.5. The van der Waals surface area contributed by atoms with Crippen molar-refractivity contribution in [1.82, 2.24) is 19.2 Å². The van der Waals surface area contributed by atoms with E-state index in [1.165, 1.54) is 11.9 Å². The summed E-state index contributed by atoms with van der Waals surface area (Å²) in [5.41, 5.74) is 6.91. The fourth-order valence-electron chi connectivity index (χ4n) is 3.75. The van der Waals surface area contributed by atoms with E-state index in [0.29, 0.717) is 28.1 Å². The predicted octanol–water partition coefficient (Wildman–Crippen LogP) is 1.41. The van der Waals surface area contributed by atoms with Crippen LogP contribution in [0.4, 0.5) is 0 Å². The highest BCUT2D eigenvalue weighted by Gasteiger charge is 2.49. The Labute approximate surface area is 191 Å². The lowest BCUT2D eigenvalue weighted by Gasteiger charge is -2.27. The van der Waals surface area contributed by atoms with Crippen LogP contribution in [0.1, 0.15) is 16.7 Å². The SMILES string of the molecule is CN1C(=O)C(c2cccc(CN(C)S(=O)(=O)O)c2)(c2cccc(-c3ncccn3)c2)N=C1N. The first-order valence-corrected chi connectivity index (χ1v) is 11.3. The molecule has 0 saturated heterocycles. The summed E-state index contributed by atoms with van der Waals surface area (Å²) in [5, 5.41) is 0. The zero-order valence-electron chi connectivity index (χ0n) is 18.0. The minimum Gasteiger partial charge on any atom is -0.369 e. The molecule has 3 N–H and O–H groups in total. The largest absolute Gasteiger partial charge is 0.369 e. The number of guanidine groups is 1. The van der Waals surface area contributed by atoms with Gasteiger partial charge in [-0.1, -0.05) is 42.5 Å². The molecule has 33 heavy (non-hydrogen) atoms. The van der Waals surface area contributed by atoms with Crippen molar-refractivity contribution in [3.63, 3.8) is 0 Å². The van der Waals surface area contributed by atoms with E-state index in [9.17, 15) is 17.8 Å². The Hall–Kier alpha value is -3.67. The van der Waals surface area contributed by atoms with Crippen LogP contribution in [0.2, 0.25) is 0 Å². The average molecular weight is 467 g/mol. The second kappa shape index (κ2) is 8.35. The Balaban J connectivity index is 1.87. The molecule has 1 aromatic heterocycles. The van der Waals surface area contributed by atoms with E-state index in [4.69, 9.17) is 5.73 Å². The summed E-state index contributed by atoms with van der Waals surface area (Å²) in [6.07, 6.45) is 3.26. The van der Waals surface area contributed by atoms with Gasteiger partial charge in [0.05, 0.1) is 0 Å². The number of hydrogen-bond donors (Lipinski definition) is 2. The summed E-state index contributed by atoms with van der Waals surface area (Å²) >= 11 is 0. The molecule has 0 saturated carbocycles. The molecule has 2 aromatic carbocycles. The lowest BCUT2D eigenvalue weighted by molar-refractivity contribution is -0.129. The highest BCUT2D eigenvalue weighted by atomic mass is 32.2. The van der Waals surface area contributed by atoms with Crippen LogP contribution in [0, 0.1) is 0 Å². The van der Waals surface area contributed by atoms with Gasteiger partial charge < -0.3 is 5.73 Å². The molecule has 1 amide bonds. The van der Waals surface area contributed by atoms with E-state index in [1.54, 1.807) is 68.0 Å². The monoisotopic (exact) mass is 466 g/mol. The predicted molar refractivity (Wildman–Crippen MR) is 122 cm³/mol. The summed E-state index contributed by atoms with van der Waals surface area (Å²) in [6, 6.07) is 15.7. The topological polar surface area (TPSA) is 142 Å². The molecule has 0 radical (unpaired) electrons. The van der Waals surface area contributed by atoms with Crippen LogP contribution < -0.4 is 5.73 Å². The Morgan fingerprint density at radius 3 is 2.30 bits per heavy atom. The van der Waals surface area contributed by atoms with E-state index in [0.717, 1.165) is 4.31 Å². The Morgan fingerprint density at radius 1 is 1.06 bits per heavy atom. The number of amides is 1. The number of rotatable bonds is 6. The summed E-state index contributed by atoms with van der Waals surface area (Å²) in [6.45, 7) is -0.0934. The average Bonchev–Trinajstić information content (AvgIpc) is 3.04. The van der Waals surface area contributed by atoms with Gasteiger partial charge in [-0.3, -0.25) is 14.2 Å². The third-order valence-corrected chi connectivity index (χ3v) is 6.41. The molecule has 1 unspecified atom stereocenters. The fraction of sp³-hybridized carbons (Fsp3) is 0.182. The number of benzene rings is 2. The number of carbonyl (C=O) groups is 1. The van der Waals surface area contributed by atoms with E-state index >= 15 is 0 Å². The fourth-order valence-corrected chi connectivity index (χ4v) is 4.06. The van der Waals surface area contributed by atoms with Crippen molar-refractivity contribution >= 4 is 22.2 Å². The van der Waals surface area contributed by atoms with Gasteiger partial charge >= 0.3 is 10.3 Å². The van der Waals surface area contributed by atoms with E-state index in [1.807, 2.05) is 6.07 Å². The minimum atomic E-state index is -4.37. The number of carbonyl (C=O) groups excluding carboxylic acids is 1. The number of hydrogen-bond acceptors (Lipinski definition) is 7. The molecule has 11 heteroatoms. The highest BCUT2D eigenvalue weighted by Crippen LogP contribution is 2.40. The Morgan fingerprint density at radius 2 is 1.70 bits per heavy atom. The lowest BCUT2D eigenvalue weighted by Crippen LogP contribution is -2.41. The van der Waals surface area contributed by atoms with E-state index in [-0.39, 0.29) is 18.4 Å². The highest BCUT2D eigenvalue weighted by molar-refractivity contribution is 7.83. The molecule has 0 bridgehead atoms. The molecular formula is C22H22N6O4S. The van der Waals surface area contributed by atoms with Crippen LogP contribution in [0.15, 0.2) is 72.0 Å². The summed E-state index contributed by atoms with van der Waals surface area (Å²) < 4.78 is 33.0. The number of aromatic nitrogens is 2. The molecule has 0 fully saturated rings. The van der Waals surface area contributed by atoms with Gasteiger partial charge in [-0.25, -0.2) is 15.0 Å². The normalized spacial score (nSPS) is 18.6. The van der Waals surface area contributed by atoms with Crippen LogP contribution in [0.3, 0.4) is 0 Å². The van der Waals surface area contributed by atoms with Crippen molar-refractivity contribution in [3.8, 4) is 11.4 Å². The van der Waals surface area contributed by atoms with Crippen molar-refractivity contribution < 1.29 is 17.8 Å². The molecule has 1 atom stereocenters. The van der Waals surface area contributed by atoms with Crippen molar-refractivity contribution in [1.29, 1.82) is 0 Å². The van der Waals surface area contributed by atoms with Crippen molar-refractivity contribution in [3.05, 3.63) is 83.7 Å². The molecule has 0 spiro atoms. The van der Waals surface area contributed by atoms with Crippen LogP contribution in [-0.2, 0) is 27.2 Å². The van der Waals surface area contributed by atoms with Crippen LogP contribution in [0.25, 0.3) is 11.4 Å². The van der Waals surface area contributed by atoms with E-state index in [2.05, 4.69) is 15.0 Å². The zero-order chi connectivity index (χ0) is 23.8. The first-order valence-electron chi connectivity index (χ1n) is 9.92. The third-order valence-electron chi connectivity index (χ3n) is 5.49. The Bertz CT molecular complexity index is 1350. The molecule has 3 aromatic rings. The number of nitrogens with two attached hydrogens (primary N) is 1. The van der Waals surface area contributed by atoms with E-state index < -0.39 is 15.8 Å². The second-order valence-electron chi connectivity index (χ2n) is 7.63. The van der Waals surface area contributed by atoms with Gasteiger partial charge in [-0.05, 0) is 28.8 Å². The lowest BCUT2D eigenvalue weighted by atomic mass is 9.81. The van der Waals surface area contributed by atoms with Gasteiger partial charge in [0.15, 0.2) is 17.3 Å². The molecular weight excluding hydrogens is 444 g/mol. The van der Waals surface area contributed by atoms with Gasteiger partial charge in [0.2, 0.25) is 0 Å². The van der Waals surface area contributed by atoms with Crippen molar-refractivity contribution in [2.75, 3.05) is 14.1 Å². The number of nitrogens with zero attached hydrogens (tertiary/aromatic N) is 5. The van der Waals surface area contributed by atoms with Crippen LogP contribution in [-0.4, -0.2) is 58.1 Å². The van der Waals surface area contributed by atoms with Crippen LogP contribution >= 0.6 is 0 Å². The maximum absolute atomic E-state index is 13.5. The minimum absolute atomic E-state index is 0.0572. The van der Waals surface area contributed by atoms with Crippen molar-refractivity contribution in [2.45, 2.75) is 12.1 Å². The zero-order valence-corrected chi connectivity index (χ0v) is 18.8. The standard InChI is InChI=1S/C22H22N6O4S/c1-27(33(30,31)32)14-15-6-3-8-17(12-15)22(20(29)28(2)21(23)26-22)18-9-4-7-16(13-18)19-24-10-5-11-25-19/h3-13H,14H2,1-2H3,(H2,23,26)(H,30,31,32). The second-order valence-corrected chi connectivity index (χ2v) is 9.15. The molecule has 1 aliphatic heterocycles. The van der Waals surface area contributed by atoms with Crippen LogP contribution in [0.5, 0.6) is 0 Å². The summed E-state index contributed by atoms with van der Waals surface area (Å²) in [5.74, 6) is 0.196. The van der Waals surface area contributed by atoms with Gasteiger partial charge in [0.1, 0.15) is 0 Å². The van der Waals surface area contributed by atoms with Gasteiger partial charge in [-0.15, -0.1) is 0 Å².